The van der Waals surface area contributed by atoms with E-state index in [4.69, 9.17) is 0 Å². The van der Waals surface area contributed by atoms with Gasteiger partial charge in [0.2, 0.25) is 11.8 Å². The van der Waals surface area contributed by atoms with Crippen molar-refractivity contribution >= 4 is 23.2 Å². The Hall–Kier alpha value is -2.62. The van der Waals surface area contributed by atoms with Crippen LogP contribution < -0.4 is 10.6 Å². The summed E-state index contributed by atoms with van der Waals surface area (Å²) < 4.78 is 0. The van der Waals surface area contributed by atoms with Crippen molar-refractivity contribution in [2.24, 2.45) is 5.41 Å². The topological polar surface area (TPSA) is 58.2 Å². The van der Waals surface area contributed by atoms with Crippen LogP contribution in [-0.4, -0.2) is 11.8 Å². The molecule has 0 unspecified atom stereocenters. The van der Waals surface area contributed by atoms with Gasteiger partial charge < -0.3 is 10.6 Å². The van der Waals surface area contributed by atoms with Crippen LogP contribution >= 0.6 is 0 Å². The van der Waals surface area contributed by atoms with Gasteiger partial charge in [-0.15, -0.1) is 0 Å². The van der Waals surface area contributed by atoms with Crippen LogP contribution in [0.1, 0.15) is 37.5 Å². The Morgan fingerprint density at radius 1 is 0.840 bits per heavy atom. The Bertz CT molecular complexity index is 757. The molecule has 0 aromatic heterocycles. The van der Waals surface area contributed by atoms with Gasteiger partial charge in [-0.3, -0.25) is 9.59 Å². The summed E-state index contributed by atoms with van der Waals surface area (Å²) in [6.45, 7) is 9.27. The van der Waals surface area contributed by atoms with Crippen molar-refractivity contribution in [3.05, 3.63) is 59.2 Å². The van der Waals surface area contributed by atoms with Crippen molar-refractivity contribution in [1.82, 2.24) is 0 Å². The highest BCUT2D eigenvalue weighted by Crippen LogP contribution is 2.23. The molecule has 0 aliphatic carbocycles. The maximum Gasteiger partial charge on any atom is 0.239 e. The first-order chi connectivity index (χ1) is 11.7. The minimum Gasteiger partial charge on any atom is -0.325 e. The molecule has 0 aliphatic heterocycles. The fourth-order valence-electron chi connectivity index (χ4n) is 2.55. The molecule has 0 bridgehead atoms. The van der Waals surface area contributed by atoms with Crippen molar-refractivity contribution in [1.29, 1.82) is 0 Å². The quantitative estimate of drug-likeness (QED) is 0.790. The summed E-state index contributed by atoms with van der Waals surface area (Å²) in [7, 11) is 0. The molecule has 0 saturated carbocycles. The van der Waals surface area contributed by atoms with E-state index in [0.29, 0.717) is 11.4 Å². The molecule has 0 radical (unpaired) electrons. The van der Waals surface area contributed by atoms with E-state index in [9.17, 15) is 9.59 Å². The minimum atomic E-state index is -1.19. The lowest BCUT2D eigenvalue weighted by Gasteiger charge is -2.23. The highest BCUT2D eigenvalue weighted by Gasteiger charge is 2.36. The third-order valence-corrected chi connectivity index (χ3v) is 4.23. The highest BCUT2D eigenvalue weighted by atomic mass is 16.2. The van der Waals surface area contributed by atoms with Crippen LogP contribution in [0.3, 0.4) is 0 Å². The van der Waals surface area contributed by atoms with E-state index in [1.165, 1.54) is 5.56 Å². The van der Waals surface area contributed by atoms with Crippen LogP contribution in [0.15, 0.2) is 42.5 Å². The van der Waals surface area contributed by atoms with Crippen molar-refractivity contribution < 1.29 is 9.59 Å². The molecular weight excluding hydrogens is 312 g/mol. The highest BCUT2D eigenvalue weighted by molar-refractivity contribution is 6.14. The molecule has 0 spiro atoms. The van der Waals surface area contributed by atoms with E-state index >= 15 is 0 Å². The summed E-state index contributed by atoms with van der Waals surface area (Å²) in [6, 6.07) is 13.5. The Morgan fingerprint density at radius 3 is 1.80 bits per heavy atom. The SMILES string of the molecule is CCc1ccc(NC(=O)C(C)(C)C(=O)Nc2cc(C)cc(C)c2)cc1. The number of aryl methyl sites for hydroxylation is 3. The van der Waals surface area contributed by atoms with Crippen LogP contribution in [0.25, 0.3) is 0 Å². The molecule has 4 nitrogen and oxygen atoms in total. The normalized spacial score (nSPS) is 11.1. The number of amides is 2. The number of hydrogen-bond acceptors (Lipinski definition) is 2. The first-order valence-corrected chi connectivity index (χ1v) is 8.52. The molecule has 0 heterocycles. The van der Waals surface area contributed by atoms with E-state index in [1.54, 1.807) is 13.8 Å². The summed E-state index contributed by atoms with van der Waals surface area (Å²) in [5.74, 6) is -0.668. The lowest BCUT2D eigenvalue weighted by molar-refractivity contribution is -0.135. The third kappa shape index (κ3) is 4.69. The van der Waals surface area contributed by atoms with Gasteiger partial charge in [0.1, 0.15) is 5.41 Å². The molecule has 0 aliphatic rings. The standard InChI is InChI=1S/C21H26N2O2/c1-6-16-7-9-17(10-8-16)22-19(24)21(4,5)20(25)23-18-12-14(2)11-15(3)13-18/h7-13H,6H2,1-5H3,(H,22,24)(H,23,25). The molecule has 2 amide bonds. The zero-order valence-corrected chi connectivity index (χ0v) is 15.6. The average Bonchev–Trinajstić information content (AvgIpc) is 2.54. The maximum absolute atomic E-state index is 12.6. The van der Waals surface area contributed by atoms with Crippen LogP contribution in [0, 0.1) is 19.3 Å². The van der Waals surface area contributed by atoms with E-state index < -0.39 is 5.41 Å². The summed E-state index contributed by atoms with van der Waals surface area (Å²) >= 11 is 0. The lowest BCUT2D eigenvalue weighted by Crippen LogP contribution is -2.41. The number of rotatable bonds is 5. The van der Waals surface area contributed by atoms with Gasteiger partial charge in [-0.25, -0.2) is 0 Å². The monoisotopic (exact) mass is 338 g/mol. The van der Waals surface area contributed by atoms with Crippen LogP contribution in [0.2, 0.25) is 0 Å². The number of benzene rings is 2. The van der Waals surface area contributed by atoms with Gasteiger partial charge in [-0.05, 0) is 75.1 Å². The van der Waals surface area contributed by atoms with Gasteiger partial charge in [0.15, 0.2) is 0 Å². The molecule has 4 heteroatoms. The van der Waals surface area contributed by atoms with Crippen LogP contribution in [0.4, 0.5) is 11.4 Å². The Labute approximate surface area is 149 Å². The fraction of sp³-hybridized carbons (Fsp3) is 0.333. The third-order valence-electron chi connectivity index (χ3n) is 4.23. The van der Waals surface area contributed by atoms with Crippen molar-refractivity contribution in [3.8, 4) is 0 Å². The maximum atomic E-state index is 12.6. The lowest BCUT2D eigenvalue weighted by atomic mass is 9.90. The zero-order chi connectivity index (χ0) is 18.6. The van der Waals surface area contributed by atoms with Crippen LogP contribution in [0.5, 0.6) is 0 Å². The molecule has 0 fully saturated rings. The molecule has 0 atom stereocenters. The van der Waals surface area contributed by atoms with Crippen molar-refractivity contribution in [3.63, 3.8) is 0 Å². The van der Waals surface area contributed by atoms with Gasteiger partial charge in [-0.2, -0.15) is 0 Å². The summed E-state index contributed by atoms with van der Waals surface area (Å²) in [5, 5.41) is 5.67. The second kappa shape index (κ2) is 7.51. The molecule has 0 saturated heterocycles. The summed E-state index contributed by atoms with van der Waals surface area (Å²) in [5.41, 5.74) is 3.53. The van der Waals surface area contributed by atoms with E-state index in [1.807, 2.05) is 56.3 Å². The zero-order valence-electron chi connectivity index (χ0n) is 15.6. The Balaban J connectivity index is 2.09. The number of anilines is 2. The number of nitrogens with one attached hydrogen (secondary N) is 2. The first kappa shape index (κ1) is 18.7. The van der Waals surface area contributed by atoms with E-state index in [2.05, 4.69) is 17.6 Å². The summed E-state index contributed by atoms with van der Waals surface area (Å²) in [4.78, 5) is 25.2. The molecule has 25 heavy (non-hydrogen) atoms. The fourth-order valence-corrected chi connectivity index (χ4v) is 2.55. The molecule has 132 valence electrons. The molecule has 2 aromatic rings. The predicted octanol–water partition coefficient (Wildman–Crippen LogP) is 4.47. The van der Waals surface area contributed by atoms with E-state index in [-0.39, 0.29) is 11.8 Å². The van der Waals surface area contributed by atoms with Crippen molar-refractivity contribution in [2.45, 2.75) is 41.0 Å². The Kier molecular flexibility index (Phi) is 5.62. The first-order valence-electron chi connectivity index (χ1n) is 8.52. The molecule has 2 N–H and O–H groups in total. The van der Waals surface area contributed by atoms with Gasteiger partial charge in [0, 0.05) is 11.4 Å². The van der Waals surface area contributed by atoms with E-state index in [0.717, 1.165) is 17.5 Å². The number of carbonyl (C=O) groups excluding carboxylic acids is 2. The van der Waals surface area contributed by atoms with Gasteiger partial charge in [-0.1, -0.05) is 25.1 Å². The smallest absolute Gasteiger partial charge is 0.239 e. The van der Waals surface area contributed by atoms with Gasteiger partial charge >= 0.3 is 0 Å². The second-order valence-electron chi connectivity index (χ2n) is 6.96. The summed E-state index contributed by atoms with van der Waals surface area (Å²) in [6.07, 6.45) is 0.942. The van der Waals surface area contributed by atoms with Crippen LogP contribution in [-0.2, 0) is 16.0 Å². The largest absolute Gasteiger partial charge is 0.325 e. The molecule has 2 aromatic carbocycles. The second-order valence-corrected chi connectivity index (χ2v) is 6.96. The predicted molar refractivity (Wildman–Crippen MR) is 103 cm³/mol. The van der Waals surface area contributed by atoms with Crippen molar-refractivity contribution in [2.75, 3.05) is 10.6 Å². The molecular formula is C21H26N2O2. The number of carbonyl (C=O) groups is 2. The van der Waals surface area contributed by atoms with Gasteiger partial charge in [0.05, 0.1) is 0 Å². The number of hydrogen-bond donors (Lipinski definition) is 2. The van der Waals surface area contributed by atoms with Gasteiger partial charge in [0.25, 0.3) is 0 Å². The Morgan fingerprint density at radius 2 is 1.32 bits per heavy atom. The minimum absolute atomic E-state index is 0.333. The average molecular weight is 338 g/mol. The molecule has 2 rings (SSSR count).